The van der Waals surface area contributed by atoms with Gasteiger partial charge in [0.25, 0.3) is 0 Å². The van der Waals surface area contributed by atoms with E-state index in [4.69, 9.17) is 16.7 Å². The van der Waals surface area contributed by atoms with Crippen molar-refractivity contribution in [1.29, 1.82) is 0 Å². The number of nitrogens with one attached hydrogen (secondary N) is 3. The highest BCUT2D eigenvalue weighted by Crippen LogP contribution is 2.38. The number of nitrogens with zero attached hydrogens (tertiary/aromatic N) is 2. The van der Waals surface area contributed by atoms with E-state index in [0.717, 1.165) is 61.2 Å². The molecule has 0 aromatic carbocycles. The van der Waals surface area contributed by atoms with Crippen LogP contribution >= 0.6 is 11.6 Å². The maximum atomic E-state index is 11.0. The summed E-state index contributed by atoms with van der Waals surface area (Å²) < 4.78 is 0. The average Bonchev–Trinajstić information content (AvgIpc) is 2.98. The number of amides is 1. The van der Waals surface area contributed by atoms with Gasteiger partial charge in [-0.2, -0.15) is 0 Å². The van der Waals surface area contributed by atoms with Crippen LogP contribution in [0.25, 0.3) is 11.0 Å². The van der Waals surface area contributed by atoms with Crippen molar-refractivity contribution in [1.82, 2.24) is 15.3 Å². The summed E-state index contributed by atoms with van der Waals surface area (Å²) in [7, 11) is 0. The van der Waals surface area contributed by atoms with Crippen molar-refractivity contribution < 1.29 is 9.90 Å². The third-order valence-corrected chi connectivity index (χ3v) is 4.82. The first kappa shape index (κ1) is 17.7. The number of pyridine rings is 1. The highest BCUT2D eigenvalue weighted by molar-refractivity contribution is 6.35. The Bertz CT molecular complexity index is 748. The van der Waals surface area contributed by atoms with Crippen LogP contribution in [0.3, 0.4) is 0 Å². The Balaban J connectivity index is 1.92. The standard InChI is InChI=1S/C17H24ClN5O2/c1-2-3-6-19-13-9-21-16-14(13)15(12(18)8-20-16)23-7-4-5-11(10-23)22-17(24)25/h8-9,11,19,22H,2-7,10H2,1H3,(H,20,21)(H,24,25)/t11-/m1/s1. The first-order valence-corrected chi connectivity index (χ1v) is 9.11. The lowest BCUT2D eigenvalue weighted by molar-refractivity contribution is 0.188. The van der Waals surface area contributed by atoms with E-state index < -0.39 is 6.09 Å². The van der Waals surface area contributed by atoms with Gasteiger partial charge in [-0.25, -0.2) is 9.78 Å². The van der Waals surface area contributed by atoms with Crippen LogP contribution in [0, 0.1) is 0 Å². The van der Waals surface area contributed by atoms with E-state index in [1.54, 1.807) is 6.20 Å². The van der Waals surface area contributed by atoms with Gasteiger partial charge in [0.05, 0.1) is 28.0 Å². The summed E-state index contributed by atoms with van der Waals surface area (Å²) in [5, 5.41) is 16.6. The molecule has 0 radical (unpaired) electrons. The molecule has 7 nitrogen and oxygen atoms in total. The average molecular weight is 366 g/mol. The number of hydrogen-bond donors (Lipinski definition) is 4. The third-order valence-electron chi connectivity index (χ3n) is 4.54. The molecule has 1 aliphatic heterocycles. The fourth-order valence-electron chi connectivity index (χ4n) is 3.38. The van der Waals surface area contributed by atoms with Crippen LogP contribution in [0.1, 0.15) is 32.6 Å². The molecule has 0 saturated carbocycles. The zero-order valence-corrected chi connectivity index (χ0v) is 15.1. The van der Waals surface area contributed by atoms with E-state index in [1.807, 2.05) is 6.20 Å². The normalized spacial score (nSPS) is 17.7. The molecule has 1 fully saturated rings. The second-order valence-electron chi connectivity index (χ2n) is 6.40. The van der Waals surface area contributed by atoms with E-state index in [0.29, 0.717) is 11.6 Å². The quantitative estimate of drug-likeness (QED) is 0.586. The Morgan fingerprint density at radius 1 is 1.56 bits per heavy atom. The van der Waals surface area contributed by atoms with Crippen molar-refractivity contribution in [2.24, 2.45) is 0 Å². The molecule has 1 saturated heterocycles. The van der Waals surface area contributed by atoms with E-state index in [1.165, 1.54) is 0 Å². The maximum Gasteiger partial charge on any atom is 0.404 e. The molecule has 4 N–H and O–H groups in total. The summed E-state index contributed by atoms with van der Waals surface area (Å²) in [4.78, 5) is 20.7. The molecule has 1 amide bonds. The lowest BCUT2D eigenvalue weighted by Crippen LogP contribution is -2.47. The Morgan fingerprint density at radius 2 is 2.40 bits per heavy atom. The van der Waals surface area contributed by atoms with Crippen molar-refractivity contribution in [3.8, 4) is 0 Å². The fraction of sp³-hybridized carbons (Fsp3) is 0.529. The first-order valence-electron chi connectivity index (χ1n) is 8.74. The Kier molecular flexibility index (Phi) is 5.53. The van der Waals surface area contributed by atoms with Gasteiger partial charge in [-0.1, -0.05) is 24.9 Å². The number of carboxylic acid groups (broad SMARTS) is 1. The second-order valence-corrected chi connectivity index (χ2v) is 6.80. The molecule has 3 rings (SSSR count). The molecular formula is C17H24ClN5O2. The Hall–Kier alpha value is -2.15. The summed E-state index contributed by atoms with van der Waals surface area (Å²) >= 11 is 6.50. The number of piperidine rings is 1. The number of anilines is 2. The first-order chi connectivity index (χ1) is 12.1. The number of rotatable bonds is 6. The van der Waals surface area contributed by atoms with Crippen LogP contribution in [0.5, 0.6) is 0 Å². The summed E-state index contributed by atoms with van der Waals surface area (Å²) in [6.07, 6.45) is 6.54. The number of hydrogen-bond acceptors (Lipinski definition) is 4. The van der Waals surface area contributed by atoms with E-state index in [2.05, 4.69) is 32.4 Å². The molecule has 1 atom stereocenters. The van der Waals surface area contributed by atoms with E-state index in [9.17, 15) is 4.79 Å². The molecular weight excluding hydrogens is 342 g/mol. The summed E-state index contributed by atoms with van der Waals surface area (Å²) in [6.45, 7) is 4.49. The van der Waals surface area contributed by atoms with Crippen LogP contribution < -0.4 is 15.5 Å². The highest BCUT2D eigenvalue weighted by atomic mass is 35.5. The van der Waals surface area contributed by atoms with Gasteiger partial charge in [-0.3, -0.25) is 0 Å². The smallest absolute Gasteiger partial charge is 0.404 e. The van der Waals surface area contributed by atoms with Gasteiger partial charge in [0.1, 0.15) is 5.65 Å². The minimum Gasteiger partial charge on any atom is -0.465 e. The van der Waals surface area contributed by atoms with Crippen molar-refractivity contribution in [2.45, 2.75) is 38.6 Å². The zero-order chi connectivity index (χ0) is 17.8. The zero-order valence-electron chi connectivity index (χ0n) is 14.3. The molecule has 3 heterocycles. The van der Waals surface area contributed by atoms with Gasteiger partial charge in [-0.05, 0) is 19.3 Å². The molecule has 0 bridgehead atoms. The molecule has 1 aliphatic rings. The van der Waals surface area contributed by atoms with Crippen molar-refractivity contribution in [3.05, 3.63) is 17.4 Å². The molecule has 2 aromatic rings. The van der Waals surface area contributed by atoms with E-state index >= 15 is 0 Å². The topological polar surface area (TPSA) is 93.3 Å². The minimum absolute atomic E-state index is 0.0963. The number of H-pyrrole nitrogens is 1. The number of carbonyl (C=O) groups is 1. The van der Waals surface area contributed by atoms with Crippen LogP contribution in [-0.2, 0) is 0 Å². The number of halogens is 1. The molecule has 0 spiro atoms. The lowest BCUT2D eigenvalue weighted by Gasteiger charge is -2.35. The fourth-order valence-corrected chi connectivity index (χ4v) is 3.64. The van der Waals surface area contributed by atoms with Crippen molar-refractivity contribution in [2.75, 3.05) is 29.9 Å². The summed E-state index contributed by atoms with van der Waals surface area (Å²) in [6, 6.07) is -0.0963. The molecule has 136 valence electrons. The number of aromatic nitrogens is 2. The molecule has 0 aliphatic carbocycles. The molecule has 25 heavy (non-hydrogen) atoms. The maximum absolute atomic E-state index is 11.0. The Labute approximate surface area is 151 Å². The van der Waals surface area contributed by atoms with Crippen LogP contribution in [0.4, 0.5) is 16.2 Å². The molecule has 2 aromatic heterocycles. The number of fused-ring (bicyclic) bond motifs is 1. The third kappa shape index (κ3) is 3.92. The lowest BCUT2D eigenvalue weighted by atomic mass is 10.0. The van der Waals surface area contributed by atoms with Crippen LogP contribution in [-0.4, -0.2) is 46.8 Å². The van der Waals surface area contributed by atoms with Gasteiger partial charge in [0.2, 0.25) is 0 Å². The number of aromatic amines is 1. The summed E-state index contributed by atoms with van der Waals surface area (Å²) in [5.41, 5.74) is 2.69. The molecule has 0 unspecified atom stereocenters. The SMILES string of the molecule is CCCCNc1c[nH]c2ncc(Cl)c(N3CCC[C@@H](NC(=O)O)C3)c12. The van der Waals surface area contributed by atoms with Gasteiger partial charge >= 0.3 is 6.09 Å². The predicted molar refractivity (Wildman–Crippen MR) is 101 cm³/mol. The second kappa shape index (κ2) is 7.82. The monoisotopic (exact) mass is 365 g/mol. The van der Waals surface area contributed by atoms with Crippen molar-refractivity contribution in [3.63, 3.8) is 0 Å². The van der Waals surface area contributed by atoms with Crippen molar-refractivity contribution >= 4 is 40.1 Å². The van der Waals surface area contributed by atoms with E-state index in [-0.39, 0.29) is 6.04 Å². The minimum atomic E-state index is -0.985. The van der Waals surface area contributed by atoms with Gasteiger partial charge in [-0.15, -0.1) is 0 Å². The van der Waals surface area contributed by atoms with Gasteiger partial charge in [0.15, 0.2) is 0 Å². The van der Waals surface area contributed by atoms with Gasteiger partial charge in [0, 0.05) is 31.9 Å². The Morgan fingerprint density at radius 3 is 3.16 bits per heavy atom. The van der Waals surface area contributed by atoms with Crippen LogP contribution in [0.15, 0.2) is 12.4 Å². The van der Waals surface area contributed by atoms with Gasteiger partial charge < -0.3 is 25.6 Å². The summed E-state index contributed by atoms with van der Waals surface area (Å²) in [5.74, 6) is 0. The predicted octanol–water partition coefficient (Wildman–Crippen LogP) is 3.66. The largest absolute Gasteiger partial charge is 0.465 e. The van der Waals surface area contributed by atoms with Crippen LogP contribution in [0.2, 0.25) is 5.02 Å². The highest BCUT2D eigenvalue weighted by Gasteiger charge is 2.25. The molecule has 8 heteroatoms. The number of unbranched alkanes of at least 4 members (excludes halogenated alkanes) is 1.